The van der Waals surface area contributed by atoms with Gasteiger partial charge in [-0.3, -0.25) is 0 Å². The second kappa shape index (κ2) is 6.08. The molecule has 2 rings (SSSR count). The first-order valence-electron chi connectivity index (χ1n) is 6.42. The molecule has 0 bridgehead atoms. The lowest BCUT2D eigenvalue weighted by atomic mass is 10.2. The van der Waals surface area contributed by atoms with E-state index in [-0.39, 0.29) is 18.7 Å². The number of rotatable bonds is 4. The molecule has 1 aliphatic heterocycles. The van der Waals surface area contributed by atoms with Gasteiger partial charge in [-0.1, -0.05) is 0 Å². The average molecular weight is 317 g/mol. The maximum absolute atomic E-state index is 13.4. The van der Waals surface area contributed by atoms with Gasteiger partial charge in [0.15, 0.2) is 0 Å². The molecule has 1 aromatic carbocycles. The van der Waals surface area contributed by atoms with E-state index in [2.05, 4.69) is 4.74 Å². The van der Waals surface area contributed by atoms with Crippen LogP contribution >= 0.6 is 0 Å². The van der Waals surface area contributed by atoms with Crippen molar-refractivity contribution in [3.63, 3.8) is 0 Å². The number of ether oxygens (including phenoxy) is 1. The number of sulfonamides is 1. The normalized spacial score (nSPS) is 19.7. The Kier molecular flexibility index (Phi) is 4.60. The molecular formula is C13H16FNO5S. The van der Waals surface area contributed by atoms with E-state index in [9.17, 15) is 22.7 Å². The van der Waals surface area contributed by atoms with Crippen LogP contribution in [0.3, 0.4) is 0 Å². The van der Waals surface area contributed by atoms with E-state index < -0.39 is 32.7 Å². The topological polar surface area (TPSA) is 83.9 Å². The fourth-order valence-electron chi connectivity index (χ4n) is 2.42. The summed E-state index contributed by atoms with van der Waals surface area (Å²) in [6.07, 6.45) is 1.13. The molecule has 0 saturated carbocycles. The quantitative estimate of drug-likeness (QED) is 0.829. The molecule has 0 aromatic heterocycles. The molecule has 1 heterocycles. The minimum atomic E-state index is -4.08. The van der Waals surface area contributed by atoms with Crippen LogP contribution in [0.2, 0.25) is 0 Å². The van der Waals surface area contributed by atoms with Crippen LogP contribution in [0.5, 0.6) is 0 Å². The third-order valence-electron chi connectivity index (χ3n) is 3.47. The lowest BCUT2D eigenvalue weighted by Crippen LogP contribution is -2.38. The molecule has 1 fully saturated rings. The molecule has 8 heteroatoms. The Morgan fingerprint density at radius 1 is 1.52 bits per heavy atom. The summed E-state index contributed by atoms with van der Waals surface area (Å²) in [6.45, 7) is -0.0905. The van der Waals surface area contributed by atoms with Crippen molar-refractivity contribution in [1.29, 1.82) is 0 Å². The monoisotopic (exact) mass is 317 g/mol. The van der Waals surface area contributed by atoms with Crippen LogP contribution in [0, 0.1) is 5.82 Å². The summed E-state index contributed by atoms with van der Waals surface area (Å²) in [5.41, 5.74) is -0.220. The lowest BCUT2D eigenvalue weighted by Gasteiger charge is -2.23. The number of hydrogen-bond donors (Lipinski definition) is 1. The lowest BCUT2D eigenvalue weighted by molar-refractivity contribution is 0.0596. The van der Waals surface area contributed by atoms with Crippen molar-refractivity contribution in [2.45, 2.75) is 23.8 Å². The maximum Gasteiger partial charge on any atom is 0.339 e. The number of methoxy groups -OCH3 is 1. The molecule has 0 radical (unpaired) electrons. The van der Waals surface area contributed by atoms with Crippen LogP contribution in [0.4, 0.5) is 4.39 Å². The van der Waals surface area contributed by atoms with E-state index in [0.717, 1.165) is 29.6 Å². The second-order valence-corrected chi connectivity index (χ2v) is 6.59. The average Bonchev–Trinajstić information content (AvgIpc) is 2.95. The Balaban J connectivity index is 2.53. The number of hydrogen-bond acceptors (Lipinski definition) is 5. The SMILES string of the molecule is COC(=O)c1ccc(F)cc1S(=O)(=O)N1CCCC1CO. The van der Waals surface area contributed by atoms with Crippen LogP contribution in [0.15, 0.2) is 23.1 Å². The Labute approximate surface area is 122 Å². The summed E-state index contributed by atoms with van der Waals surface area (Å²) in [5.74, 6) is -1.62. The van der Waals surface area contributed by atoms with Crippen molar-refractivity contribution in [2.24, 2.45) is 0 Å². The zero-order valence-electron chi connectivity index (χ0n) is 11.5. The zero-order valence-corrected chi connectivity index (χ0v) is 12.3. The number of aliphatic hydroxyl groups excluding tert-OH is 1. The molecule has 6 nitrogen and oxygen atoms in total. The number of carbonyl (C=O) groups excluding carboxylic acids is 1. The van der Waals surface area contributed by atoms with E-state index in [1.807, 2.05) is 0 Å². The van der Waals surface area contributed by atoms with Gasteiger partial charge >= 0.3 is 5.97 Å². The minimum absolute atomic E-state index is 0.220. The van der Waals surface area contributed by atoms with Gasteiger partial charge in [0.1, 0.15) is 5.82 Å². The van der Waals surface area contributed by atoms with Crippen LogP contribution < -0.4 is 0 Å². The van der Waals surface area contributed by atoms with Gasteiger partial charge in [0, 0.05) is 12.6 Å². The first-order valence-corrected chi connectivity index (χ1v) is 7.86. The van der Waals surface area contributed by atoms with Gasteiger partial charge in [-0.05, 0) is 31.0 Å². The highest BCUT2D eigenvalue weighted by molar-refractivity contribution is 7.89. The minimum Gasteiger partial charge on any atom is -0.465 e. The summed E-state index contributed by atoms with van der Waals surface area (Å²) < 4.78 is 44.3. The number of benzene rings is 1. The number of nitrogens with zero attached hydrogens (tertiary/aromatic N) is 1. The number of carbonyl (C=O) groups is 1. The molecule has 1 saturated heterocycles. The first-order chi connectivity index (χ1) is 9.91. The van der Waals surface area contributed by atoms with Gasteiger partial charge in [0.2, 0.25) is 10.0 Å². The highest BCUT2D eigenvalue weighted by Gasteiger charge is 2.37. The summed E-state index contributed by atoms with van der Waals surface area (Å²) in [7, 11) is -2.96. The standard InChI is InChI=1S/C13H16FNO5S/c1-20-13(17)11-5-4-9(14)7-12(11)21(18,19)15-6-2-3-10(15)8-16/h4-5,7,10,16H,2-3,6,8H2,1H3. The van der Waals surface area contributed by atoms with Crippen molar-refractivity contribution in [1.82, 2.24) is 4.31 Å². The molecule has 116 valence electrons. The van der Waals surface area contributed by atoms with Crippen molar-refractivity contribution in [2.75, 3.05) is 20.3 Å². The Morgan fingerprint density at radius 3 is 2.86 bits per heavy atom. The molecule has 1 aromatic rings. The third-order valence-corrected chi connectivity index (χ3v) is 5.46. The zero-order chi connectivity index (χ0) is 15.6. The number of esters is 1. The highest BCUT2D eigenvalue weighted by atomic mass is 32.2. The molecule has 0 aliphatic carbocycles. The van der Waals surface area contributed by atoms with E-state index in [1.54, 1.807) is 0 Å². The molecule has 0 spiro atoms. The van der Waals surface area contributed by atoms with Crippen LogP contribution in [0.25, 0.3) is 0 Å². The summed E-state index contributed by atoms with van der Waals surface area (Å²) in [5, 5.41) is 9.25. The summed E-state index contributed by atoms with van der Waals surface area (Å²) >= 11 is 0. The highest BCUT2D eigenvalue weighted by Crippen LogP contribution is 2.28. The van der Waals surface area contributed by atoms with Gasteiger partial charge in [-0.15, -0.1) is 0 Å². The van der Waals surface area contributed by atoms with Gasteiger partial charge in [0.05, 0.1) is 24.2 Å². The smallest absolute Gasteiger partial charge is 0.339 e. The molecule has 0 amide bonds. The van der Waals surface area contributed by atoms with Crippen LogP contribution in [0.1, 0.15) is 23.2 Å². The van der Waals surface area contributed by atoms with Gasteiger partial charge < -0.3 is 9.84 Å². The Morgan fingerprint density at radius 2 is 2.24 bits per heavy atom. The fourth-order valence-corrected chi connectivity index (χ4v) is 4.30. The molecule has 1 unspecified atom stereocenters. The first kappa shape index (κ1) is 15.9. The summed E-state index contributed by atoms with van der Waals surface area (Å²) in [4.78, 5) is 11.2. The van der Waals surface area contributed by atoms with Gasteiger partial charge in [0.25, 0.3) is 0 Å². The van der Waals surface area contributed by atoms with Gasteiger partial charge in [-0.25, -0.2) is 17.6 Å². The van der Waals surface area contributed by atoms with Crippen LogP contribution in [-0.4, -0.2) is 50.1 Å². The maximum atomic E-state index is 13.4. The molecule has 1 aliphatic rings. The number of aliphatic hydroxyl groups is 1. The van der Waals surface area contributed by atoms with Crippen molar-refractivity contribution < 1.29 is 27.4 Å². The number of halogens is 1. The Bertz CT molecular complexity index is 646. The molecule has 1 atom stereocenters. The predicted molar refractivity (Wildman–Crippen MR) is 71.7 cm³/mol. The summed E-state index contributed by atoms with van der Waals surface area (Å²) in [6, 6.07) is 2.33. The van der Waals surface area contributed by atoms with E-state index >= 15 is 0 Å². The van der Waals surface area contributed by atoms with E-state index in [1.165, 1.54) is 0 Å². The Hall–Kier alpha value is -1.51. The third kappa shape index (κ3) is 2.92. The van der Waals surface area contributed by atoms with Crippen molar-refractivity contribution in [3.8, 4) is 0 Å². The second-order valence-electron chi connectivity index (χ2n) is 4.73. The largest absolute Gasteiger partial charge is 0.465 e. The predicted octanol–water partition coefficient (Wildman–Crippen LogP) is 0.758. The molecular weight excluding hydrogens is 301 g/mol. The fraction of sp³-hybridized carbons (Fsp3) is 0.462. The van der Waals surface area contributed by atoms with Gasteiger partial charge in [-0.2, -0.15) is 4.31 Å². The van der Waals surface area contributed by atoms with E-state index in [4.69, 9.17) is 0 Å². The van der Waals surface area contributed by atoms with E-state index in [0.29, 0.717) is 12.8 Å². The van der Waals surface area contributed by atoms with Crippen molar-refractivity contribution in [3.05, 3.63) is 29.6 Å². The molecule has 1 N–H and O–H groups in total. The molecule has 21 heavy (non-hydrogen) atoms. The van der Waals surface area contributed by atoms with Crippen molar-refractivity contribution >= 4 is 16.0 Å². The van der Waals surface area contributed by atoms with Crippen LogP contribution in [-0.2, 0) is 14.8 Å².